The summed E-state index contributed by atoms with van der Waals surface area (Å²) in [6.07, 6.45) is 28.3. The molecule has 0 rings (SSSR count). The first-order valence-corrected chi connectivity index (χ1v) is 24.4. The molecule has 0 bridgehead atoms. The van der Waals surface area contributed by atoms with Crippen LogP contribution in [0.5, 0.6) is 0 Å². The molecule has 14 heteroatoms. The Kier molecular flexibility index (Phi) is 37.6. The van der Waals surface area contributed by atoms with Crippen LogP contribution in [-0.2, 0) is 38.2 Å². The van der Waals surface area contributed by atoms with Crippen molar-refractivity contribution >= 4 is 47.4 Å². The topological polar surface area (TPSA) is 222 Å². The average molecular weight is 857 g/mol. The fourth-order valence-electron chi connectivity index (χ4n) is 6.94. The number of primary amides is 1. The van der Waals surface area contributed by atoms with Crippen LogP contribution in [0.1, 0.15) is 213 Å². The first kappa shape index (κ1) is 56.3. The standard InChI is InChI=1S/C45H84N4O9S/c1-3-5-7-9-11-13-15-17-19-21-23-25-27-29-41(52)57-35-37(58-42(53)30-28-26-24-22-20-18-16-14-12-10-8-6-4-2)36-59-34-33-40(51)49(44(54)43(47)48)38(45(55)56)31-32-39(46)50/h37-38,43H,3-36,47-48H2,1-2H3,(H2,46,50)(H,55,56)/t37-,38-/m1/s1. The molecule has 0 fully saturated rings. The number of ether oxygens (including phenoxy) is 2. The van der Waals surface area contributed by atoms with Gasteiger partial charge in [-0.2, -0.15) is 11.8 Å². The van der Waals surface area contributed by atoms with Gasteiger partial charge < -0.3 is 31.8 Å². The van der Waals surface area contributed by atoms with Gasteiger partial charge in [-0.15, -0.1) is 0 Å². The highest BCUT2D eigenvalue weighted by Crippen LogP contribution is 2.18. The van der Waals surface area contributed by atoms with Crippen molar-refractivity contribution in [3.05, 3.63) is 0 Å². The minimum Gasteiger partial charge on any atom is -0.480 e. The van der Waals surface area contributed by atoms with Crippen LogP contribution >= 0.6 is 11.8 Å². The number of carboxylic acid groups (broad SMARTS) is 1. The van der Waals surface area contributed by atoms with E-state index in [0.717, 1.165) is 44.9 Å². The summed E-state index contributed by atoms with van der Waals surface area (Å²) in [5.74, 6) is -4.61. The Morgan fingerprint density at radius 3 is 1.37 bits per heavy atom. The van der Waals surface area contributed by atoms with E-state index in [1.807, 2.05) is 0 Å². The van der Waals surface area contributed by atoms with Crippen molar-refractivity contribution in [1.29, 1.82) is 0 Å². The number of thioether (sulfide) groups is 1. The van der Waals surface area contributed by atoms with Crippen molar-refractivity contribution in [2.75, 3.05) is 18.1 Å². The first-order chi connectivity index (χ1) is 28.4. The molecule has 0 saturated heterocycles. The van der Waals surface area contributed by atoms with Crippen molar-refractivity contribution < 1.29 is 43.3 Å². The number of carboxylic acids is 1. The molecule has 59 heavy (non-hydrogen) atoms. The highest BCUT2D eigenvalue weighted by Gasteiger charge is 2.36. The minimum atomic E-state index is -1.67. The van der Waals surface area contributed by atoms with Gasteiger partial charge in [-0.25, -0.2) is 4.79 Å². The van der Waals surface area contributed by atoms with Gasteiger partial charge in [-0.05, 0) is 19.3 Å². The van der Waals surface area contributed by atoms with Gasteiger partial charge >= 0.3 is 17.9 Å². The molecule has 0 aliphatic heterocycles. The molecule has 0 aromatic heterocycles. The Morgan fingerprint density at radius 1 is 0.576 bits per heavy atom. The van der Waals surface area contributed by atoms with E-state index in [9.17, 15) is 33.9 Å². The van der Waals surface area contributed by atoms with Crippen LogP contribution in [-0.4, -0.2) is 82.1 Å². The van der Waals surface area contributed by atoms with E-state index in [1.54, 1.807) is 0 Å². The number of hydrogen-bond donors (Lipinski definition) is 4. The number of rotatable bonds is 42. The number of aliphatic carboxylic acids is 1. The third-order valence-corrected chi connectivity index (χ3v) is 11.6. The SMILES string of the molecule is CCCCCCCCCCCCCCCC(=O)OC[C@H](CSCCC(=O)N(C(=O)C(N)N)[C@H](CCC(N)=O)C(=O)O)OC(=O)CCCCCCCCCCCCCCC. The highest BCUT2D eigenvalue weighted by molar-refractivity contribution is 7.99. The maximum atomic E-state index is 13.1. The van der Waals surface area contributed by atoms with Crippen molar-refractivity contribution in [2.24, 2.45) is 17.2 Å². The normalized spacial score (nSPS) is 12.3. The molecule has 0 spiro atoms. The van der Waals surface area contributed by atoms with E-state index in [0.29, 0.717) is 11.3 Å². The Morgan fingerprint density at radius 2 is 0.983 bits per heavy atom. The predicted molar refractivity (Wildman–Crippen MR) is 237 cm³/mol. The molecule has 0 saturated carbocycles. The number of hydrogen-bond acceptors (Lipinski definition) is 11. The number of nitrogens with zero attached hydrogens (tertiary/aromatic N) is 1. The van der Waals surface area contributed by atoms with Gasteiger partial charge in [0, 0.05) is 37.2 Å². The second-order valence-corrected chi connectivity index (χ2v) is 17.2. The number of imide groups is 1. The summed E-state index contributed by atoms with van der Waals surface area (Å²) in [5, 5.41) is 9.72. The number of amides is 3. The van der Waals surface area contributed by atoms with Crippen LogP contribution in [0.25, 0.3) is 0 Å². The zero-order valence-electron chi connectivity index (χ0n) is 37.1. The van der Waals surface area contributed by atoms with Crippen LogP contribution in [0, 0.1) is 0 Å². The van der Waals surface area contributed by atoms with Crippen LogP contribution in [0.3, 0.4) is 0 Å². The lowest BCUT2D eigenvalue weighted by Crippen LogP contribution is -2.57. The number of nitrogens with two attached hydrogens (primary N) is 3. The van der Waals surface area contributed by atoms with E-state index >= 15 is 0 Å². The summed E-state index contributed by atoms with van der Waals surface area (Å²) < 4.78 is 11.3. The lowest BCUT2D eigenvalue weighted by atomic mass is 10.0. The molecule has 0 unspecified atom stereocenters. The van der Waals surface area contributed by atoms with Crippen molar-refractivity contribution in [3.63, 3.8) is 0 Å². The summed E-state index contributed by atoms with van der Waals surface area (Å²) in [6.45, 7) is 4.35. The van der Waals surface area contributed by atoms with Crippen LogP contribution in [0.15, 0.2) is 0 Å². The maximum Gasteiger partial charge on any atom is 0.326 e. The quantitative estimate of drug-likeness (QED) is 0.0257. The van der Waals surface area contributed by atoms with Gasteiger partial charge in [-0.3, -0.25) is 28.9 Å². The van der Waals surface area contributed by atoms with Crippen LogP contribution in [0.4, 0.5) is 0 Å². The number of carbonyl (C=O) groups is 6. The van der Waals surface area contributed by atoms with E-state index in [1.165, 1.54) is 127 Å². The fourth-order valence-corrected chi connectivity index (χ4v) is 7.85. The largest absolute Gasteiger partial charge is 0.480 e. The summed E-state index contributed by atoms with van der Waals surface area (Å²) in [4.78, 5) is 75.0. The number of carbonyl (C=O) groups excluding carboxylic acids is 5. The highest BCUT2D eigenvalue weighted by atomic mass is 32.2. The molecular weight excluding hydrogens is 773 g/mol. The molecular formula is C45H84N4O9S. The summed E-state index contributed by atoms with van der Waals surface area (Å²) in [6, 6.07) is -1.67. The van der Waals surface area contributed by atoms with Gasteiger partial charge in [0.25, 0.3) is 5.91 Å². The van der Waals surface area contributed by atoms with Gasteiger partial charge in [0.1, 0.15) is 24.9 Å². The Hall–Kier alpha value is -2.71. The Labute approximate surface area is 361 Å². The van der Waals surface area contributed by atoms with E-state index in [-0.39, 0.29) is 62.2 Å². The summed E-state index contributed by atoms with van der Waals surface area (Å²) in [7, 11) is 0. The van der Waals surface area contributed by atoms with Gasteiger partial charge in [-0.1, -0.05) is 168 Å². The van der Waals surface area contributed by atoms with Crippen molar-refractivity contribution in [2.45, 2.75) is 231 Å². The molecule has 0 heterocycles. The molecule has 0 radical (unpaired) electrons. The Bertz CT molecular complexity index is 1130. The predicted octanol–water partition coefficient (Wildman–Crippen LogP) is 8.84. The van der Waals surface area contributed by atoms with E-state index in [4.69, 9.17) is 26.7 Å². The van der Waals surface area contributed by atoms with Crippen LogP contribution < -0.4 is 17.2 Å². The summed E-state index contributed by atoms with van der Waals surface area (Å²) >= 11 is 1.23. The molecule has 3 amide bonds. The molecule has 0 aliphatic carbocycles. The molecule has 13 nitrogen and oxygen atoms in total. The van der Waals surface area contributed by atoms with Crippen molar-refractivity contribution in [3.8, 4) is 0 Å². The van der Waals surface area contributed by atoms with Gasteiger partial charge in [0.2, 0.25) is 11.8 Å². The monoisotopic (exact) mass is 857 g/mol. The van der Waals surface area contributed by atoms with E-state index < -0.39 is 42.0 Å². The lowest BCUT2D eigenvalue weighted by molar-refractivity contribution is -0.159. The number of esters is 2. The second kappa shape index (κ2) is 39.4. The zero-order valence-corrected chi connectivity index (χ0v) is 37.9. The van der Waals surface area contributed by atoms with Gasteiger partial charge in [0.05, 0.1) is 0 Å². The van der Waals surface area contributed by atoms with Crippen LogP contribution in [0.2, 0.25) is 0 Å². The zero-order chi connectivity index (χ0) is 43.9. The molecule has 2 atom stereocenters. The molecule has 0 aromatic rings. The average Bonchev–Trinajstić information content (AvgIpc) is 3.19. The Balaban J connectivity index is 4.90. The lowest BCUT2D eigenvalue weighted by Gasteiger charge is -2.28. The molecule has 344 valence electrons. The fraction of sp³-hybridized carbons (Fsp3) is 0.867. The molecule has 0 aromatic carbocycles. The minimum absolute atomic E-state index is 0.122. The van der Waals surface area contributed by atoms with E-state index in [2.05, 4.69) is 13.8 Å². The smallest absolute Gasteiger partial charge is 0.326 e. The summed E-state index contributed by atoms with van der Waals surface area (Å²) in [5.41, 5.74) is 16.2. The first-order valence-electron chi connectivity index (χ1n) is 23.2. The second-order valence-electron chi connectivity index (χ2n) is 16.1. The van der Waals surface area contributed by atoms with Crippen molar-refractivity contribution in [1.82, 2.24) is 4.90 Å². The third kappa shape index (κ3) is 33.7. The molecule has 0 aliphatic rings. The third-order valence-electron chi connectivity index (χ3n) is 10.5. The van der Waals surface area contributed by atoms with Gasteiger partial charge in [0.15, 0.2) is 0 Å². The molecule has 7 N–H and O–H groups in total. The maximum absolute atomic E-state index is 13.1. The number of unbranched alkanes of at least 4 members (excludes halogenated alkanes) is 24.